The molecule has 0 atom stereocenters. The number of nitrogens with zero attached hydrogens (tertiary/aromatic N) is 3. The highest BCUT2D eigenvalue weighted by atomic mass is 16.6. The minimum atomic E-state index is -1.27. The molecular formula is C12H18N4O5. The molecule has 116 valence electrons. The minimum absolute atomic E-state index is 0.0164. The molecule has 21 heavy (non-hydrogen) atoms. The number of amides is 1. The van der Waals surface area contributed by atoms with Gasteiger partial charge < -0.3 is 25.1 Å². The molecule has 0 aliphatic rings. The normalized spacial score (nSPS) is 11.1. The number of carboxylic acid groups (broad SMARTS) is 1. The number of aromatic nitrogens is 2. The van der Waals surface area contributed by atoms with Crippen molar-refractivity contribution in [3.05, 3.63) is 22.6 Å². The van der Waals surface area contributed by atoms with Gasteiger partial charge in [0.05, 0.1) is 0 Å². The van der Waals surface area contributed by atoms with Crippen molar-refractivity contribution in [2.45, 2.75) is 45.2 Å². The lowest BCUT2D eigenvalue weighted by atomic mass is 9.93. The van der Waals surface area contributed by atoms with Gasteiger partial charge in [0, 0.05) is 13.0 Å². The summed E-state index contributed by atoms with van der Waals surface area (Å²) in [5.74, 6) is -1.78. The lowest BCUT2D eigenvalue weighted by Crippen LogP contribution is -2.53. The van der Waals surface area contributed by atoms with Gasteiger partial charge in [-0.05, 0) is 22.7 Å². The smallest absolute Gasteiger partial charge is 0.381 e. The van der Waals surface area contributed by atoms with Gasteiger partial charge in [0.2, 0.25) is 12.2 Å². The van der Waals surface area contributed by atoms with Crippen LogP contribution in [0.15, 0.2) is 12.5 Å². The third-order valence-corrected chi connectivity index (χ3v) is 3.40. The van der Waals surface area contributed by atoms with Crippen LogP contribution in [0, 0.1) is 10.1 Å². The number of hydrogen-bond donors (Lipinski definition) is 2. The van der Waals surface area contributed by atoms with Crippen molar-refractivity contribution in [1.29, 1.82) is 0 Å². The van der Waals surface area contributed by atoms with Crippen LogP contribution in [0.4, 0.5) is 5.82 Å². The molecule has 0 aromatic carbocycles. The Morgan fingerprint density at radius 2 is 2.10 bits per heavy atom. The van der Waals surface area contributed by atoms with Gasteiger partial charge in [-0.2, -0.15) is 0 Å². The van der Waals surface area contributed by atoms with Gasteiger partial charge in [0.1, 0.15) is 11.7 Å². The Balaban J connectivity index is 2.60. The summed E-state index contributed by atoms with van der Waals surface area (Å²) in [6.45, 7) is 3.57. The molecule has 2 N–H and O–H groups in total. The van der Waals surface area contributed by atoms with E-state index in [1.54, 1.807) is 13.8 Å². The van der Waals surface area contributed by atoms with E-state index in [2.05, 4.69) is 10.3 Å². The van der Waals surface area contributed by atoms with E-state index in [0.717, 1.165) is 0 Å². The van der Waals surface area contributed by atoms with Crippen molar-refractivity contribution in [2.75, 3.05) is 0 Å². The number of aliphatic carboxylic acids is 1. The topological polar surface area (TPSA) is 127 Å². The Kier molecular flexibility index (Phi) is 5.39. The summed E-state index contributed by atoms with van der Waals surface area (Å²) in [5, 5.41) is 22.2. The fourth-order valence-corrected chi connectivity index (χ4v) is 1.91. The Morgan fingerprint density at radius 3 is 2.52 bits per heavy atom. The van der Waals surface area contributed by atoms with Crippen molar-refractivity contribution in [2.24, 2.45) is 0 Å². The molecule has 0 saturated heterocycles. The van der Waals surface area contributed by atoms with Crippen molar-refractivity contribution in [3.63, 3.8) is 0 Å². The predicted molar refractivity (Wildman–Crippen MR) is 72.6 cm³/mol. The van der Waals surface area contributed by atoms with Gasteiger partial charge in [0.15, 0.2) is 0 Å². The van der Waals surface area contributed by atoms with Crippen LogP contribution in [0.2, 0.25) is 0 Å². The molecule has 1 amide bonds. The van der Waals surface area contributed by atoms with E-state index < -0.39 is 22.3 Å². The fraction of sp³-hybridized carbons (Fsp3) is 0.583. The summed E-state index contributed by atoms with van der Waals surface area (Å²) >= 11 is 0. The highest BCUT2D eigenvalue weighted by molar-refractivity contribution is 5.86. The molecule has 0 saturated carbocycles. The van der Waals surface area contributed by atoms with Gasteiger partial charge in [-0.25, -0.2) is 4.79 Å². The maximum Gasteiger partial charge on any atom is 0.381 e. The lowest BCUT2D eigenvalue weighted by Gasteiger charge is -2.28. The van der Waals surface area contributed by atoms with Crippen molar-refractivity contribution < 1.29 is 19.6 Å². The third kappa shape index (κ3) is 4.01. The van der Waals surface area contributed by atoms with Crippen LogP contribution in [0.5, 0.6) is 0 Å². The van der Waals surface area contributed by atoms with Crippen molar-refractivity contribution in [1.82, 2.24) is 14.9 Å². The van der Waals surface area contributed by atoms with Gasteiger partial charge >= 0.3 is 11.8 Å². The molecule has 9 heteroatoms. The highest BCUT2D eigenvalue weighted by Gasteiger charge is 2.36. The zero-order valence-electron chi connectivity index (χ0n) is 11.9. The summed E-state index contributed by atoms with van der Waals surface area (Å²) in [5.41, 5.74) is -1.27. The highest BCUT2D eigenvalue weighted by Crippen LogP contribution is 2.16. The Bertz CT molecular complexity index is 536. The minimum Gasteiger partial charge on any atom is -0.480 e. The van der Waals surface area contributed by atoms with E-state index in [0.29, 0.717) is 0 Å². The zero-order chi connectivity index (χ0) is 16.0. The van der Waals surface area contributed by atoms with Crippen LogP contribution in [0.1, 0.15) is 33.1 Å². The zero-order valence-corrected chi connectivity index (χ0v) is 11.9. The molecule has 1 heterocycles. The van der Waals surface area contributed by atoms with Gasteiger partial charge in [0.25, 0.3) is 0 Å². The molecular weight excluding hydrogens is 280 g/mol. The summed E-state index contributed by atoms with van der Waals surface area (Å²) < 4.78 is 1.41. The standard InChI is InChI=1S/C12H18N4O5/c1-3-12(4-2,11(18)19)14-10(17)5-6-15-7-9(13-8-15)16(20)21/h7-8H,3-6H2,1-2H3,(H,14,17)(H,18,19). The second-order valence-electron chi connectivity index (χ2n) is 4.62. The monoisotopic (exact) mass is 298 g/mol. The molecule has 0 radical (unpaired) electrons. The first-order valence-electron chi connectivity index (χ1n) is 6.55. The Hall–Kier alpha value is -2.45. The maximum absolute atomic E-state index is 11.9. The van der Waals surface area contributed by atoms with E-state index in [1.165, 1.54) is 17.1 Å². The average molecular weight is 298 g/mol. The van der Waals surface area contributed by atoms with E-state index in [9.17, 15) is 24.8 Å². The summed E-state index contributed by atoms with van der Waals surface area (Å²) in [6.07, 6.45) is 3.05. The number of nitrogens with one attached hydrogen (secondary N) is 1. The molecule has 0 aliphatic carbocycles. The first-order chi connectivity index (χ1) is 9.84. The van der Waals surface area contributed by atoms with Crippen LogP contribution in [0.3, 0.4) is 0 Å². The van der Waals surface area contributed by atoms with Gasteiger partial charge in [-0.15, -0.1) is 0 Å². The quantitative estimate of drug-likeness (QED) is 0.543. The number of imidazole rings is 1. The van der Waals surface area contributed by atoms with E-state index in [1.807, 2.05) is 0 Å². The van der Waals surface area contributed by atoms with Crippen LogP contribution < -0.4 is 5.32 Å². The number of carbonyl (C=O) groups excluding carboxylic acids is 1. The second-order valence-corrected chi connectivity index (χ2v) is 4.62. The van der Waals surface area contributed by atoms with Crippen molar-refractivity contribution in [3.8, 4) is 0 Å². The van der Waals surface area contributed by atoms with Crippen LogP contribution in [0.25, 0.3) is 0 Å². The first kappa shape index (κ1) is 16.6. The average Bonchev–Trinajstić information content (AvgIpc) is 2.91. The van der Waals surface area contributed by atoms with E-state index in [4.69, 9.17) is 0 Å². The number of rotatable bonds is 8. The summed E-state index contributed by atoms with van der Waals surface area (Å²) in [7, 11) is 0. The number of carbonyl (C=O) groups is 2. The molecule has 0 unspecified atom stereocenters. The number of nitro groups is 1. The Morgan fingerprint density at radius 1 is 1.48 bits per heavy atom. The molecule has 0 spiro atoms. The fourth-order valence-electron chi connectivity index (χ4n) is 1.91. The molecule has 1 aromatic heterocycles. The van der Waals surface area contributed by atoms with Crippen LogP contribution in [-0.2, 0) is 16.1 Å². The third-order valence-electron chi connectivity index (χ3n) is 3.40. The summed E-state index contributed by atoms with van der Waals surface area (Å²) in [6, 6.07) is 0. The molecule has 0 fully saturated rings. The molecule has 1 aromatic rings. The van der Waals surface area contributed by atoms with Crippen molar-refractivity contribution >= 4 is 17.7 Å². The van der Waals surface area contributed by atoms with Crippen LogP contribution >= 0.6 is 0 Å². The predicted octanol–water partition coefficient (Wildman–Crippen LogP) is 0.941. The largest absolute Gasteiger partial charge is 0.480 e. The SMILES string of the molecule is CCC(CC)(NC(=O)CCn1cnc([N+](=O)[O-])c1)C(=O)O. The maximum atomic E-state index is 11.9. The first-order valence-corrected chi connectivity index (χ1v) is 6.55. The van der Waals surface area contributed by atoms with E-state index >= 15 is 0 Å². The second kappa shape index (κ2) is 6.82. The number of aryl methyl sites for hydroxylation is 1. The lowest BCUT2D eigenvalue weighted by molar-refractivity contribution is -0.389. The van der Waals surface area contributed by atoms with Gasteiger partial charge in [-0.1, -0.05) is 13.8 Å². The van der Waals surface area contributed by atoms with E-state index in [-0.39, 0.29) is 31.6 Å². The summed E-state index contributed by atoms with van der Waals surface area (Å²) in [4.78, 5) is 36.5. The number of hydrogen-bond acceptors (Lipinski definition) is 5. The molecule has 0 bridgehead atoms. The Labute approximate surface area is 121 Å². The van der Waals surface area contributed by atoms with Gasteiger partial charge in [-0.3, -0.25) is 4.79 Å². The molecule has 0 aliphatic heterocycles. The molecule has 1 rings (SSSR count). The number of carboxylic acids is 1. The van der Waals surface area contributed by atoms with Crippen LogP contribution in [-0.4, -0.2) is 37.0 Å². The molecule has 9 nitrogen and oxygen atoms in total.